The van der Waals surface area contributed by atoms with Crippen LogP contribution in [0.2, 0.25) is 0 Å². The lowest BCUT2D eigenvalue weighted by molar-refractivity contribution is -0.137. The number of nitrogens with zero attached hydrogens (tertiary/aromatic N) is 3. The fourth-order valence-corrected chi connectivity index (χ4v) is 2.49. The number of sulfonamides is 1. The Hall–Kier alpha value is -2.20. The summed E-state index contributed by atoms with van der Waals surface area (Å²) in [6, 6.07) is 0. The predicted molar refractivity (Wildman–Crippen MR) is 69.9 cm³/mol. The number of carboxylic acids is 1. The predicted octanol–water partition coefficient (Wildman–Crippen LogP) is 0.0510. The average Bonchev–Trinajstić information content (AvgIpc) is 2.95. The molecule has 9 nitrogen and oxygen atoms in total. The molecule has 2 aromatic heterocycles. The lowest BCUT2D eigenvalue weighted by Crippen LogP contribution is -2.23. The van der Waals surface area contributed by atoms with Gasteiger partial charge in [0.15, 0.2) is 0 Å². The van der Waals surface area contributed by atoms with Crippen molar-refractivity contribution in [1.82, 2.24) is 19.5 Å². The van der Waals surface area contributed by atoms with Crippen LogP contribution in [-0.4, -0.2) is 34.3 Å². The van der Waals surface area contributed by atoms with E-state index in [2.05, 4.69) is 14.8 Å². The van der Waals surface area contributed by atoms with Gasteiger partial charge in [-0.05, 0) is 13.8 Å². The van der Waals surface area contributed by atoms with Crippen molar-refractivity contribution >= 4 is 16.0 Å². The Morgan fingerprint density at radius 2 is 2.19 bits per heavy atom. The Morgan fingerprint density at radius 1 is 1.48 bits per heavy atom. The molecule has 2 aromatic rings. The second-order valence-electron chi connectivity index (χ2n) is 4.34. The summed E-state index contributed by atoms with van der Waals surface area (Å²) >= 11 is 0. The Morgan fingerprint density at radius 3 is 2.76 bits per heavy atom. The first-order valence-electron chi connectivity index (χ1n) is 5.95. The Bertz CT molecular complexity index is 742. The van der Waals surface area contributed by atoms with Crippen molar-refractivity contribution in [1.29, 1.82) is 0 Å². The summed E-state index contributed by atoms with van der Waals surface area (Å²) in [4.78, 5) is 14.5. The molecule has 2 N–H and O–H groups in total. The molecule has 0 saturated heterocycles. The number of hydrogen-bond acceptors (Lipinski definition) is 6. The lowest BCUT2D eigenvalue weighted by Gasteiger charge is -2.01. The fourth-order valence-electron chi connectivity index (χ4n) is 1.56. The zero-order valence-corrected chi connectivity index (χ0v) is 12.2. The molecule has 2 rings (SSSR count). The first-order chi connectivity index (χ1) is 9.78. The summed E-state index contributed by atoms with van der Waals surface area (Å²) in [6.07, 6.45) is 2.22. The van der Waals surface area contributed by atoms with Crippen molar-refractivity contribution in [3.05, 3.63) is 29.7 Å². The highest BCUT2D eigenvalue weighted by Gasteiger charge is 2.18. The summed E-state index contributed by atoms with van der Waals surface area (Å²) in [5.74, 6) is -0.231. The molecule has 0 atom stereocenters. The quantitative estimate of drug-likeness (QED) is 0.771. The minimum atomic E-state index is -3.80. The Balaban J connectivity index is 2.07. The molecular weight excluding hydrogens is 300 g/mol. The second kappa shape index (κ2) is 5.66. The maximum absolute atomic E-state index is 12.0. The molecule has 0 bridgehead atoms. The van der Waals surface area contributed by atoms with Gasteiger partial charge < -0.3 is 9.52 Å². The van der Waals surface area contributed by atoms with Crippen LogP contribution in [0, 0.1) is 13.8 Å². The molecule has 2 heterocycles. The lowest BCUT2D eigenvalue weighted by atomic mass is 10.4. The molecule has 0 spiro atoms. The van der Waals surface area contributed by atoms with Crippen molar-refractivity contribution in [3.63, 3.8) is 0 Å². The maximum Gasteiger partial charge on any atom is 0.325 e. The van der Waals surface area contributed by atoms with Gasteiger partial charge in [-0.2, -0.15) is 5.10 Å². The van der Waals surface area contributed by atoms with E-state index in [-0.39, 0.29) is 17.3 Å². The highest BCUT2D eigenvalue weighted by atomic mass is 32.2. The number of carbonyl (C=O) groups is 1. The molecule has 10 heteroatoms. The largest absolute Gasteiger partial charge is 0.480 e. The highest BCUT2D eigenvalue weighted by Crippen LogP contribution is 2.11. The molecule has 0 aliphatic rings. The molecule has 0 unspecified atom stereocenters. The van der Waals surface area contributed by atoms with Gasteiger partial charge in [0.25, 0.3) is 0 Å². The molecule has 21 heavy (non-hydrogen) atoms. The Labute approximate surface area is 120 Å². The van der Waals surface area contributed by atoms with E-state index in [9.17, 15) is 13.2 Å². The van der Waals surface area contributed by atoms with Crippen LogP contribution in [0.5, 0.6) is 0 Å². The van der Waals surface area contributed by atoms with Gasteiger partial charge >= 0.3 is 5.97 Å². The van der Waals surface area contributed by atoms with Gasteiger partial charge in [-0.15, -0.1) is 0 Å². The fraction of sp³-hybridized carbons (Fsp3) is 0.364. The average molecular weight is 314 g/mol. The van der Waals surface area contributed by atoms with Crippen molar-refractivity contribution in [3.8, 4) is 0 Å². The van der Waals surface area contributed by atoms with E-state index in [0.29, 0.717) is 11.5 Å². The van der Waals surface area contributed by atoms with Crippen molar-refractivity contribution in [2.75, 3.05) is 0 Å². The summed E-state index contributed by atoms with van der Waals surface area (Å²) in [6.45, 7) is 2.98. The van der Waals surface area contributed by atoms with Crippen LogP contribution < -0.4 is 4.72 Å². The first kappa shape index (κ1) is 15.2. The van der Waals surface area contributed by atoms with Gasteiger partial charge in [-0.1, -0.05) is 0 Å². The van der Waals surface area contributed by atoms with Gasteiger partial charge in [0.2, 0.25) is 15.9 Å². The van der Waals surface area contributed by atoms with Gasteiger partial charge in [-0.3, -0.25) is 9.48 Å². The standard InChI is InChI=1S/C11H14N4O5S/c1-7-8(2)20-10(14-7)4-13-21(18,19)9-3-12-15(5-9)6-11(16)17/h3,5,13H,4,6H2,1-2H3,(H,16,17). The molecular formula is C11H14N4O5S. The van der Waals surface area contributed by atoms with Crippen molar-refractivity contribution < 1.29 is 22.7 Å². The zero-order chi connectivity index (χ0) is 15.6. The minimum Gasteiger partial charge on any atom is -0.480 e. The third kappa shape index (κ3) is 3.67. The monoisotopic (exact) mass is 314 g/mol. The van der Waals surface area contributed by atoms with E-state index < -0.39 is 22.5 Å². The van der Waals surface area contributed by atoms with Crippen molar-refractivity contribution in [2.24, 2.45) is 0 Å². The molecule has 0 aliphatic carbocycles. The highest BCUT2D eigenvalue weighted by molar-refractivity contribution is 7.89. The van der Waals surface area contributed by atoms with Crippen LogP contribution in [0.4, 0.5) is 0 Å². The SMILES string of the molecule is Cc1nc(CNS(=O)(=O)c2cnn(CC(=O)O)c2)oc1C. The number of aliphatic carboxylic acids is 1. The van der Waals surface area contributed by atoms with E-state index in [0.717, 1.165) is 17.1 Å². The van der Waals surface area contributed by atoms with E-state index in [4.69, 9.17) is 9.52 Å². The van der Waals surface area contributed by atoms with E-state index in [1.165, 1.54) is 0 Å². The van der Waals surface area contributed by atoms with Gasteiger partial charge in [0.05, 0.1) is 18.4 Å². The smallest absolute Gasteiger partial charge is 0.325 e. The minimum absolute atomic E-state index is 0.0961. The number of rotatable bonds is 6. The second-order valence-corrected chi connectivity index (χ2v) is 6.11. The first-order valence-corrected chi connectivity index (χ1v) is 7.43. The third-order valence-corrected chi connectivity index (χ3v) is 4.06. The normalized spacial score (nSPS) is 11.7. The zero-order valence-electron chi connectivity index (χ0n) is 11.4. The van der Waals surface area contributed by atoms with E-state index >= 15 is 0 Å². The summed E-state index contributed by atoms with van der Waals surface area (Å²) < 4.78 is 32.6. The van der Waals surface area contributed by atoms with Crippen LogP contribution >= 0.6 is 0 Å². The molecule has 0 amide bonds. The molecule has 0 fully saturated rings. The summed E-state index contributed by atoms with van der Waals surface area (Å²) in [7, 11) is -3.80. The maximum atomic E-state index is 12.0. The molecule has 0 radical (unpaired) electrons. The number of hydrogen-bond donors (Lipinski definition) is 2. The number of nitrogens with one attached hydrogen (secondary N) is 1. The molecule has 114 valence electrons. The van der Waals surface area contributed by atoms with Crippen molar-refractivity contribution in [2.45, 2.75) is 31.8 Å². The number of aryl methyl sites for hydroxylation is 2. The van der Waals surface area contributed by atoms with Crippen LogP contribution in [0.1, 0.15) is 17.3 Å². The number of carboxylic acid groups (broad SMARTS) is 1. The number of aromatic nitrogens is 3. The van der Waals surface area contributed by atoms with Gasteiger partial charge in [-0.25, -0.2) is 18.1 Å². The van der Waals surface area contributed by atoms with E-state index in [1.54, 1.807) is 13.8 Å². The van der Waals surface area contributed by atoms with Crippen LogP contribution in [0.25, 0.3) is 0 Å². The molecule has 0 aliphatic heterocycles. The summed E-state index contributed by atoms with van der Waals surface area (Å²) in [5.41, 5.74) is 0.693. The third-order valence-electron chi connectivity index (χ3n) is 2.70. The van der Waals surface area contributed by atoms with Crippen LogP contribution in [-0.2, 0) is 27.9 Å². The topological polar surface area (TPSA) is 127 Å². The molecule has 0 saturated carbocycles. The number of oxazole rings is 1. The van der Waals surface area contributed by atoms with E-state index in [1.807, 2.05) is 0 Å². The van der Waals surface area contributed by atoms with Crippen LogP contribution in [0.15, 0.2) is 21.7 Å². The van der Waals surface area contributed by atoms with Gasteiger partial charge in [0, 0.05) is 6.20 Å². The van der Waals surface area contributed by atoms with Gasteiger partial charge in [0.1, 0.15) is 17.2 Å². The Kier molecular flexibility index (Phi) is 4.09. The molecule has 0 aromatic carbocycles. The van der Waals surface area contributed by atoms with Crippen LogP contribution in [0.3, 0.4) is 0 Å². The summed E-state index contributed by atoms with van der Waals surface area (Å²) in [5, 5.41) is 12.3.